The lowest BCUT2D eigenvalue weighted by Crippen LogP contribution is -2.21. The van der Waals surface area contributed by atoms with E-state index in [2.05, 4.69) is 76.1 Å². The Labute approximate surface area is 125 Å². The Kier molecular flexibility index (Phi) is 7.25. The van der Waals surface area contributed by atoms with Gasteiger partial charge in [0.15, 0.2) is 0 Å². The van der Waals surface area contributed by atoms with Crippen LogP contribution < -0.4 is 0 Å². The first-order valence-corrected chi connectivity index (χ1v) is 7.93. The molecular weight excluding hydrogens is 244 g/mol. The second-order valence-corrected chi connectivity index (χ2v) is 6.20. The van der Waals surface area contributed by atoms with Crippen LogP contribution >= 0.6 is 0 Å². The standard InChI is InChI=1S/C18H32N2/c1-7-9-17(19(3)4)15-11-13-16(14-12-15)18(10-8-2)20(5)6/h11-14,17-18H,7-10H2,1-6H3. The maximum atomic E-state index is 2.33. The topological polar surface area (TPSA) is 6.48 Å². The Balaban J connectivity index is 2.90. The van der Waals surface area contributed by atoms with Crippen molar-refractivity contribution in [1.29, 1.82) is 0 Å². The number of nitrogens with zero attached hydrogens (tertiary/aromatic N) is 2. The highest BCUT2D eigenvalue weighted by Gasteiger charge is 2.16. The zero-order valence-electron chi connectivity index (χ0n) is 14.2. The molecule has 20 heavy (non-hydrogen) atoms. The van der Waals surface area contributed by atoms with Gasteiger partial charge in [-0.05, 0) is 52.2 Å². The van der Waals surface area contributed by atoms with Gasteiger partial charge >= 0.3 is 0 Å². The molecule has 0 aliphatic heterocycles. The van der Waals surface area contributed by atoms with Gasteiger partial charge in [-0.3, -0.25) is 0 Å². The number of hydrogen-bond donors (Lipinski definition) is 0. The van der Waals surface area contributed by atoms with Gasteiger partial charge in [0.05, 0.1) is 0 Å². The van der Waals surface area contributed by atoms with Gasteiger partial charge in [-0.25, -0.2) is 0 Å². The molecule has 2 atom stereocenters. The van der Waals surface area contributed by atoms with Crippen molar-refractivity contribution in [3.05, 3.63) is 35.4 Å². The minimum absolute atomic E-state index is 0.540. The van der Waals surface area contributed by atoms with Crippen LogP contribution in [0.4, 0.5) is 0 Å². The van der Waals surface area contributed by atoms with Crippen molar-refractivity contribution in [2.24, 2.45) is 0 Å². The van der Waals surface area contributed by atoms with E-state index in [-0.39, 0.29) is 0 Å². The highest BCUT2D eigenvalue weighted by Crippen LogP contribution is 2.28. The Morgan fingerprint density at radius 1 is 0.700 bits per heavy atom. The third-order valence-corrected chi connectivity index (χ3v) is 4.08. The molecular formula is C18H32N2. The predicted molar refractivity (Wildman–Crippen MR) is 89.1 cm³/mol. The molecule has 114 valence electrons. The summed E-state index contributed by atoms with van der Waals surface area (Å²) in [6.45, 7) is 4.52. The van der Waals surface area contributed by atoms with Crippen LogP contribution in [0.5, 0.6) is 0 Å². The lowest BCUT2D eigenvalue weighted by molar-refractivity contribution is 0.278. The van der Waals surface area contributed by atoms with Crippen molar-refractivity contribution in [1.82, 2.24) is 9.80 Å². The van der Waals surface area contributed by atoms with Gasteiger partial charge in [-0.1, -0.05) is 51.0 Å². The largest absolute Gasteiger partial charge is 0.302 e. The highest BCUT2D eigenvalue weighted by molar-refractivity contribution is 5.27. The van der Waals surface area contributed by atoms with Gasteiger partial charge in [0.25, 0.3) is 0 Å². The third-order valence-electron chi connectivity index (χ3n) is 4.08. The minimum Gasteiger partial charge on any atom is -0.302 e. The van der Waals surface area contributed by atoms with Gasteiger partial charge in [0.2, 0.25) is 0 Å². The van der Waals surface area contributed by atoms with Crippen LogP contribution in [0.2, 0.25) is 0 Å². The first-order valence-electron chi connectivity index (χ1n) is 7.93. The second-order valence-electron chi connectivity index (χ2n) is 6.20. The fourth-order valence-corrected chi connectivity index (χ4v) is 2.93. The van der Waals surface area contributed by atoms with E-state index in [0.29, 0.717) is 12.1 Å². The molecule has 0 aliphatic rings. The van der Waals surface area contributed by atoms with Crippen molar-refractivity contribution < 1.29 is 0 Å². The van der Waals surface area contributed by atoms with E-state index >= 15 is 0 Å². The van der Waals surface area contributed by atoms with Gasteiger partial charge in [0, 0.05) is 12.1 Å². The van der Waals surface area contributed by atoms with Gasteiger partial charge in [0.1, 0.15) is 0 Å². The normalized spacial score (nSPS) is 14.8. The molecule has 0 saturated carbocycles. The average Bonchev–Trinajstić information content (AvgIpc) is 2.42. The Morgan fingerprint density at radius 3 is 1.20 bits per heavy atom. The van der Waals surface area contributed by atoms with Crippen LogP contribution in [0.3, 0.4) is 0 Å². The van der Waals surface area contributed by atoms with Crippen molar-refractivity contribution in [3.8, 4) is 0 Å². The van der Waals surface area contributed by atoms with Gasteiger partial charge < -0.3 is 9.80 Å². The molecule has 1 aromatic rings. The van der Waals surface area contributed by atoms with Crippen LogP contribution in [0.15, 0.2) is 24.3 Å². The highest BCUT2D eigenvalue weighted by atomic mass is 15.1. The van der Waals surface area contributed by atoms with Crippen LogP contribution in [0.25, 0.3) is 0 Å². The van der Waals surface area contributed by atoms with Crippen LogP contribution in [0, 0.1) is 0 Å². The molecule has 0 radical (unpaired) electrons. The summed E-state index contributed by atoms with van der Waals surface area (Å²) in [7, 11) is 8.70. The number of benzene rings is 1. The van der Waals surface area contributed by atoms with E-state index < -0.39 is 0 Å². The fraction of sp³-hybridized carbons (Fsp3) is 0.667. The summed E-state index contributed by atoms with van der Waals surface area (Å²) in [4.78, 5) is 4.65. The summed E-state index contributed by atoms with van der Waals surface area (Å²) >= 11 is 0. The molecule has 0 spiro atoms. The molecule has 0 bridgehead atoms. The van der Waals surface area contributed by atoms with Crippen molar-refractivity contribution in [3.63, 3.8) is 0 Å². The van der Waals surface area contributed by atoms with Crippen molar-refractivity contribution in [2.45, 2.75) is 51.6 Å². The molecule has 0 amide bonds. The molecule has 2 heteroatoms. The van der Waals surface area contributed by atoms with Crippen molar-refractivity contribution >= 4 is 0 Å². The summed E-state index contributed by atoms with van der Waals surface area (Å²) in [5.41, 5.74) is 2.88. The van der Waals surface area contributed by atoms with Gasteiger partial charge in [-0.15, -0.1) is 0 Å². The van der Waals surface area contributed by atoms with E-state index in [4.69, 9.17) is 0 Å². The SMILES string of the molecule is CCCC(c1ccc(C(CCC)N(C)C)cc1)N(C)C. The first kappa shape index (κ1) is 17.2. The molecule has 1 aromatic carbocycles. The molecule has 0 aliphatic carbocycles. The maximum Gasteiger partial charge on any atom is 0.0341 e. The van der Waals surface area contributed by atoms with Crippen LogP contribution in [-0.4, -0.2) is 38.0 Å². The molecule has 0 fully saturated rings. The zero-order valence-corrected chi connectivity index (χ0v) is 14.2. The van der Waals surface area contributed by atoms with E-state index in [0.717, 1.165) is 0 Å². The maximum absolute atomic E-state index is 2.33. The number of hydrogen-bond acceptors (Lipinski definition) is 2. The quantitative estimate of drug-likeness (QED) is 0.690. The van der Waals surface area contributed by atoms with Crippen molar-refractivity contribution in [2.75, 3.05) is 28.2 Å². The molecule has 0 aromatic heterocycles. The van der Waals surface area contributed by atoms with E-state index in [1.807, 2.05) is 0 Å². The third kappa shape index (κ3) is 4.60. The zero-order chi connectivity index (χ0) is 15.1. The van der Waals surface area contributed by atoms with E-state index in [9.17, 15) is 0 Å². The molecule has 2 unspecified atom stereocenters. The fourth-order valence-electron chi connectivity index (χ4n) is 2.93. The Morgan fingerprint density at radius 2 is 1.00 bits per heavy atom. The summed E-state index contributed by atoms with van der Waals surface area (Å²) in [5, 5.41) is 0. The number of rotatable bonds is 8. The molecule has 1 rings (SSSR count). The van der Waals surface area contributed by atoms with Gasteiger partial charge in [-0.2, -0.15) is 0 Å². The predicted octanol–water partition coefficient (Wildman–Crippen LogP) is 4.49. The summed E-state index contributed by atoms with van der Waals surface area (Å²) in [5.74, 6) is 0. The summed E-state index contributed by atoms with van der Waals surface area (Å²) < 4.78 is 0. The average molecular weight is 276 g/mol. The summed E-state index contributed by atoms with van der Waals surface area (Å²) in [6, 6.07) is 10.4. The van der Waals surface area contributed by atoms with Crippen LogP contribution in [0.1, 0.15) is 62.7 Å². The molecule has 2 nitrogen and oxygen atoms in total. The van der Waals surface area contributed by atoms with E-state index in [1.54, 1.807) is 0 Å². The molecule has 0 heterocycles. The smallest absolute Gasteiger partial charge is 0.0341 e. The Hall–Kier alpha value is -0.860. The minimum atomic E-state index is 0.540. The monoisotopic (exact) mass is 276 g/mol. The van der Waals surface area contributed by atoms with Crippen LogP contribution in [-0.2, 0) is 0 Å². The molecule has 0 N–H and O–H groups in total. The lowest BCUT2D eigenvalue weighted by atomic mass is 9.96. The molecule has 0 saturated heterocycles. The Bertz CT molecular complexity index is 331. The second kappa shape index (κ2) is 8.43. The lowest BCUT2D eigenvalue weighted by Gasteiger charge is -2.27. The van der Waals surface area contributed by atoms with E-state index in [1.165, 1.54) is 36.8 Å². The first-order chi connectivity index (χ1) is 9.51. The summed E-state index contributed by atoms with van der Waals surface area (Å²) in [6.07, 6.45) is 4.89.